The summed E-state index contributed by atoms with van der Waals surface area (Å²) in [6.45, 7) is 1.55. The highest BCUT2D eigenvalue weighted by Gasteiger charge is 2.18. The first-order valence-electron chi connectivity index (χ1n) is 10.3. The van der Waals surface area contributed by atoms with Crippen LogP contribution in [-0.4, -0.2) is 42.0 Å². The molecule has 12 heteroatoms. The molecule has 176 valence electrons. The molecule has 0 atom stereocenters. The number of rotatable bonds is 6. The van der Waals surface area contributed by atoms with E-state index in [0.29, 0.717) is 49.2 Å². The molecular weight excluding hydrogens is 513 g/mol. The van der Waals surface area contributed by atoms with E-state index < -0.39 is 5.91 Å². The van der Waals surface area contributed by atoms with Gasteiger partial charge in [0.1, 0.15) is 17.9 Å². The summed E-state index contributed by atoms with van der Waals surface area (Å²) in [5, 5.41) is 13.8. The molecule has 35 heavy (non-hydrogen) atoms. The minimum atomic E-state index is -0.403. The van der Waals surface area contributed by atoms with Crippen molar-refractivity contribution in [1.29, 1.82) is 0 Å². The lowest BCUT2D eigenvalue weighted by Gasteiger charge is -2.11. The van der Waals surface area contributed by atoms with Crippen LogP contribution in [0.15, 0.2) is 61.1 Å². The number of fused-ring (bicyclic) bond motifs is 1. The topological polar surface area (TPSA) is 99.7 Å². The second kappa shape index (κ2) is 9.53. The van der Waals surface area contributed by atoms with Gasteiger partial charge in [-0.1, -0.05) is 34.8 Å². The van der Waals surface area contributed by atoms with Crippen LogP contribution in [0.4, 0.5) is 5.82 Å². The van der Waals surface area contributed by atoms with E-state index in [9.17, 15) is 4.79 Å². The maximum Gasteiger partial charge on any atom is 0.263 e. The van der Waals surface area contributed by atoms with Crippen LogP contribution in [0.2, 0.25) is 15.1 Å². The van der Waals surface area contributed by atoms with Crippen molar-refractivity contribution in [2.75, 3.05) is 11.9 Å². The number of benzene rings is 2. The number of halogens is 3. The van der Waals surface area contributed by atoms with Crippen LogP contribution in [0.3, 0.4) is 0 Å². The molecule has 0 bridgehead atoms. The van der Waals surface area contributed by atoms with Gasteiger partial charge >= 0.3 is 0 Å². The summed E-state index contributed by atoms with van der Waals surface area (Å²) >= 11 is 18.0. The molecule has 9 nitrogen and oxygen atoms in total. The van der Waals surface area contributed by atoms with Crippen LogP contribution < -0.4 is 10.1 Å². The van der Waals surface area contributed by atoms with E-state index in [0.717, 1.165) is 5.69 Å². The summed E-state index contributed by atoms with van der Waals surface area (Å²) in [7, 11) is 0. The van der Waals surface area contributed by atoms with E-state index in [1.54, 1.807) is 47.3 Å². The van der Waals surface area contributed by atoms with Gasteiger partial charge in [0, 0.05) is 16.1 Å². The van der Waals surface area contributed by atoms with Crippen molar-refractivity contribution in [2.24, 2.45) is 0 Å². The molecule has 3 heterocycles. The van der Waals surface area contributed by atoms with Gasteiger partial charge < -0.3 is 10.1 Å². The number of amides is 1. The number of anilines is 1. The van der Waals surface area contributed by atoms with E-state index in [-0.39, 0.29) is 6.61 Å². The maximum atomic E-state index is 12.6. The van der Waals surface area contributed by atoms with Crippen LogP contribution in [0.1, 0.15) is 5.69 Å². The van der Waals surface area contributed by atoms with Gasteiger partial charge in [-0.2, -0.15) is 14.9 Å². The van der Waals surface area contributed by atoms with Crippen molar-refractivity contribution in [1.82, 2.24) is 29.5 Å². The molecular formula is C23H16Cl3N7O2. The fourth-order valence-corrected chi connectivity index (χ4v) is 4.03. The number of carbonyl (C=O) groups is 1. The Labute approximate surface area is 214 Å². The largest absolute Gasteiger partial charge is 0.482 e. The van der Waals surface area contributed by atoms with Crippen molar-refractivity contribution < 1.29 is 9.53 Å². The van der Waals surface area contributed by atoms with Crippen LogP contribution in [-0.2, 0) is 4.79 Å². The number of carbonyl (C=O) groups excluding carboxylic acids is 1. The predicted octanol–water partition coefficient (Wildman–Crippen LogP) is 5.29. The molecule has 5 aromatic rings. The minimum Gasteiger partial charge on any atom is -0.482 e. The smallest absolute Gasteiger partial charge is 0.263 e. The van der Waals surface area contributed by atoms with Gasteiger partial charge in [-0.15, -0.1) is 0 Å². The van der Waals surface area contributed by atoms with Gasteiger partial charge in [0.15, 0.2) is 18.1 Å². The lowest BCUT2D eigenvalue weighted by Crippen LogP contribution is -2.22. The van der Waals surface area contributed by atoms with E-state index in [2.05, 4.69) is 25.5 Å². The van der Waals surface area contributed by atoms with Gasteiger partial charge in [0.2, 0.25) is 0 Å². The molecule has 0 saturated carbocycles. The minimum absolute atomic E-state index is 0.265. The van der Waals surface area contributed by atoms with Gasteiger partial charge in [-0.05, 0) is 49.4 Å². The third-order valence-corrected chi connectivity index (χ3v) is 5.75. The monoisotopic (exact) mass is 527 g/mol. The number of nitrogens with zero attached hydrogens (tertiary/aromatic N) is 6. The van der Waals surface area contributed by atoms with Gasteiger partial charge in [0.25, 0.3) is 5.91 Å². The van der Waals surface area contributed by atoms with Crippen molar-refractivity contribution >= 4 is 57.6 Å². The van der Waals surface area contributed by atoms with Crippen molar-refractivity contribution in [3.63, 3.8) is 0 Å². The van der Waals surface area contributed by atoms with Crippen LogP contribution in [0.5, 0.6) is 5.75 Å². The Balaban J connectivity index is 1.42. The Kier molecular flexibility index (Phi) is 6.29. The molecule has 0 aliphatic rings. The molecule has 2 aromatic carbocycles. The van der Waals surface area contributed by atoms with Gasteiger partial charge in [-0.25, -0.2) is 14.6 Å². The maximum absolute atomic E-state index is 12.6. The fourth-order valence-electron chi connectivity index (χ4n) is 3.44. The zero-order valence-corrected chi connectivity index (χ0v) is 20.4. The summed E-state index contributed by atoms with van der Waals surface area (Å²) in [5.41, 5.74) is 2.04. The Bertz CT molecular complexity index is 1550. The average molecular weight is 529 g/mol. The molecule has 1 amide bonds. The number of aryl methyl sites for hydroxylation is 1. The molecule has 0 aliphatic heterocycles. The quantitative estimate of drug-likeness (QED) is 0.322. The Morgan fingerprint density at radius 2 is 1.77 bits per heavy atom. The summed E-state index contributed by atoms with van der Waals surface area (Å²) in [6, 6.07) is 13.7. The standard InChI is InChI=1S/C23H16Cl3N7O2/c1-13-8-20(30-21(34)11-35-19-7-4-15(25)9-18(19)26)33(31-13)23-17-10-29-32(22(17)27-12-28-23)16-5-2-14(24)3-6-16/h2-10,12H,11H2,1H3,(H,30,34). The van der Waals surface area contributed by atoms with E-state index in [4.69, 9.17) is 39.5 Å². The van der Waals surface area contributed by atoms with Crippen LogP contribution in [0, 0.1) is 6.92 Å². The summed E-state index contributed by atoms with van der Waals surface area (Å²) < 4.78 is 8.73. The molecule has 0 unspecified atom stereocenters. The summed E-state index contributed by atoms with van der Waals surface area (Å²) in [6.07, 6.45) is 3.06. The Hall–Kier alpha value is -3.66. The highest BCUT2D eigenvalue weighted by molar-refractivity contribution is 6.35. The molecule has 0 fully saturated rings. The molecule has 5 rings (SSSR count). The first-order valence-corrected chi connectivity index (χ1v) is 11.4. The van der Waals surface area contributed by atoms with Crippen LogP contribution >= 0.6 is 34.8 Å². The van der Waals surface area contributed by atoms with Gasteiger partial charge in [-0.3, -0.25) is 4.79 Å². The molecule has 0 spiro atoms. The second-order valence-corrected chi connectivity index (χ2v) is 8.74. The Morgan fingerprint density at radius 1 is 1.00 bits per heavy atom. The molecule has 0 saturated heterocycles. The third kappa shape index (κ3) is 4.79. The SMILES string of the molecule is Cc1cc(NC(=O)COc2ccc(Cl)cc2Cl)n(-c2ncnc3c2cnn3-c2ccc(Cl)cc2)n1. The zero-order chi connectivity index (χ0) is 24.5. The van der Waals surface area contributed by atoms with Crippen molar-refractivity contribution in [2.45, 2.75) is 6.92 Å². The van der Waals surface area contributed by atoms with Crippen molar-refractivity contribution in [3.05, 3.63) is 81.8 Å². The molecule has 1 N–H and O–H groups in total. The highest BCUT2D eigenvalue weighted by Crippen LogP contribution is 2.28. The fraction of sp³-hybridized carbons (Fsp3) is 0.0870. The number of ether oxygens (including phenoxy) is 1. The third-order valence-electron chi connectivity index (χ3n) is 4.97. The first-order chi connectivity index (χ1) is 16.9. The first kappa shape index (κ1) is 23.1. The normalized spacial score (nSPS) is 11.1. The van der Waals surface area contributed by atoms with Crippen molar-refractivity contribution in [3.8, 4) is 17.3 Å². The lowest BCUT2D eigenvalue weighted by atomic mass is 10.3. The summed E-state index contributed by atoms with van der Waals surface area (Å²) in [5.74, 6) is 0.820. The second-order valence-electron chi connectivity index (χ2n) is 7.46. The number of nitrogens with one attached hydrogen (secondary N) is 1. The highest BCUT2D eigenvalue weighted by atomic mass is 35.5. The molecule has 0 aliphatic carbocycles. The molecule has 0 radical (unpaired) electrons. The summed E-state index contributed by atoms with van der Waals surface area (Å²) in [4.78, 5) is 21.4. The zero-order valence-electron chi connectivity index (χ0n) is 18.1. The van der Waals surface area contributed by atoms with E-state index in [1.807, 2.05) is 19.1 Å². The number of hydrogen-bond donors (Lipinski definition) is 1. The van der Waals surface area contributed by atoms with E-state index >= 15 is 0 Å². The Morgan fingerprint density at radius 3 is 2.54 bits per heavy atom. The number of aromatic nitrogens is 6. The van der Waals surface area contributed by atoms with Crippen LogP contribution in [0.25, 0.3) is 22.5 Å². The van der Waals surface area contributed by atoms with Gasteiger partial charge in [0.05, 0.1) is 28.0 Å². The average Bonchev–Trinajstić information content (AvgIpc) is 3.42. The van der Waals surface area contributed by atoms with E-state index in [1.165, 1.54) is 11.0 Å². The lowest BCUT2D eigenvalue weighted by molar-refractivity contribution is -0.118. The predicted molar refractivity (Wildman–Crippen MR) is 134 cm³/mol. The molecule has 3 aromatic heterocycles. The number of hydrogen-bond acceptors (Lipinski definition) is 6.